The molecule has 1 aliphatic rings. The largest absolute Gasteiger partial charge is 0.495 e. The molecule has 3 aromatic rings. The monoisotopic (exact) mass is 466 g/mol. The van der Waals surface area contributed by atoms with Crippen LogP contribution >= 0.6 is 0 Å². The quantitative estimate of drug-likeness (QED) is 0.418. The van der Waals surface area contributed by atoms with Crippen molar-refractivity contribution in [2.75, 3.05) is 44.4 Å². The second-order valence-corrected chi connectivity index (χ2v) is 8.17. The van der Waals surface area contributed by atoms with Gasteiger partial charge >= 0.3 is 0 Å². The minimum absolute atomic E-state index is 0.00982. The first-order valence-electron chi connectivity index (χ1n) is 11.1. The Balaban J connectivity index is 1.60. The number of aromatic nitrogens is 3. The Morgan fingerprint density at radius 2 is 2.12 bits per heavy atom. The second-order valence-electron chi connectivity index (χ2n) is 8.17. The Morgan fingerprint density at radius 3 is 2.79 bits per heavy atom. The molecule has 3 heterocycles. The van der Waals surface area contributed by atoms with Gasteiger partial charge in [0.05, 0.1) is 29.3 Å². The van der Waals surface area contributed by atoms with Crippen LogP contribution in [0.1, 0.15) is 35.7 Å². The van der Waals surface area contributed by atoms with Gasteiger partial charge in [0.25, 0.3) is 5.91 Å². The lowest BCUT2D eigenvalue weighted by atomic mass is 10.0. The predicted octanol–water partition coefficient (Wildman–Crippen LogP) is 2.98. The summed E-state index contributed by atoms with van der Waals surface area (Å²) in [6.45, 7) is 4.26. The number of likely N-dealkylation sites (tertiary alicyclic amines) is 1. The molecule has 11 heteroatoms. The summed E-state index contributed by atoms with van der Waals surface area (Å²) in [4.78, 5) is 26.7. The molecule has 34 heavy (non-hydrogen) atoms. The minimum atomic E-state index is -0.687. The van der Waals surface area contributed by atoms with Crippen molar-refractivity contribution in [2.24, 2.45) is 0 Å². The fourth-order valence-corrected chi connectivity index (χ4v) is 4.00. The van der Waals surface area contributed by atoms with E-state index in [0.29, 0.717) is 29.0 Å². The zero-order valence-electron chi connectivity index (χ0n) is 19.3. The van der Waals surface area contributed by atoms with Crippen molar-refractivity contribution in [1.29, 1.82) is 5.26 Å². The Kier molecular flexibility index (Phi) is 6.79. The van der Waals surface area contributed by atoms with Crippen LogP contribution < -0.4 is 20.7 Å². The number of nitriles is 1. The van der Waals surface area contributed by atoms with Crippen LogP contribution in [0.2, 0.25) is 0 Å². The standard InChI is InChI=1S/C23H27FN8O2/c1-4-26-20-19-13(11-25)12-27-21(19)31-23(30-20)29-17-10-16(24)15(9-18(17)34-3)22(33)28-14-5-7-32(2)8-6-14/h9-10,12,14H,4-8H2,1-3H3,(H,28,33)(H3,26,27,29,30,31). The van der Waals surface area contributed by atoms with Gasteiger partial charge in [0.2, 0.25) is 5.95 Å². The molecule has 0 spiro atoms. The van der Waals surface area contributed by atoms with Crippen molar-refractivity contribution in [3.63, 3.8) is 0 Å². The number of anilines is 3. The number of nitrogens with one attached hydrogen (secondary N) is 4. The number of aromatic amines is 1. The van der Waals surface area contributed by atoms with Gasteiger partial charge in [0.15, 0.2) is 0 Å². The molecule has 10 nitrogen and oxygen atoms in total. The number of piperidine rings is 1. The van der Waals surface area contributed by atoms with Gasteiger partial charge < -0.3 is 30.6 Å². The highest BCUT2D eigenvalue weighted by Crippen LogP contribution is 2.32. The van der Waals surface area contributed by atoms with Gasteiger partial charge in [-0.25, -0.2) is 4.39 Å². The van der Waals surface area contributed by atoms with Crippen LogP contribution in [0.5, 0.6) is 5.75 Å². The molecule has 0 atom stereocenters. The molecule has 1 saturated heterocycles. The maximum absolute atomic E-state index is 15.0. The Labute approximate surface area is 196 Å². The number of hydrogen-bond donors (Lipinski definition) is 4. The van der Waals surface area contributed by atoms with E-state index >= 15 is 0 Å². The number of benzene rings is 1. The van der Waals surface area contributed by atoms with Crippen LogP contribution in [0, 0.1) is 17.1 Å². The maximum atomic E-state index is 15.0. The van der Waals surface area contributed by atoms with Gasteiger partial charge in [-0.15, -0.1) is 0 Å². The van der Waals surface area contributed by atoms with Crippen molar-refractivity contribution in [3.8, 4) is 11.8 Å². The molecule has 0 bridgehead atoms. The molecule has 0 aliphatic carbocycles. The zero-order chi connectivity index (χ0) is 24.2. The van der Waals surface area contributed by atoms with Gasteiger partial charge in [-0.05, 0) is 46.0 Å². The second kappa shape index (κ2) is 9.93. The van der Waals surface area contributed by atoms with Crippen LogP contribution in [0.15, 0.2) is 18.3 Å². The molecular formula is C23H27FN8O2. The van der Waals surface area contributed by atoms with E-state index in [1.807, 2.05) is 14.0 Å². The third kappa shape index (κ3) is 4.72. The normalized spacial score (nSPS) is 14.6. The number of amides is 1. The summed E-state index contributed by atoms with van der Waals surface area (Å²) in [5.74, 6) is -0.238. The Bertz CT molecular complexity index is 1240. The third-order valence-corrected chi connectivity index (χ3v) is 5.83. The molecule has 4 N–H and O–H groups in total. The molecule has 1 amide bonds. The van der Waals surface area contributed by atoms with Crippen LogP contribution in [0.4, 0.5) is 21.8 Å². The molecular weight excluding hydrogens is 439 g/mol. The molecule has 0 radical (unpaired) electrons. The molecule has 4 rings (SSSR count). The van der Waals surface area contributed by atoms with E-state index in [1.54, 1.807) is 6.20 Å². The van der Waals surface area contributed by atoms with Crippen LogP contribution in [-0.4, -0.2) is 65.6 Å². The summed E-state index contributed by atoms with van der Waals surface area (Å²) in [6, 6.07) is 4.68. The van der Waals surface area contributed by atoms with E-state index in [0.717, 1.165) is 25.9 Å². The van der Waals surface area contributed by atoms with E-state index in [9.17, 15) is 14.4 Å². The number of rotatable bonds is 7. The van der Waals surface area contributed by atoms with E-state index in [4.69, 9.17) is 4.74 Å². The first-order valence-corrected chi connectivity index (χ1v) is 11.1. The average molecular weight is 467 g/mol. The van der Waals surface area contributed by atoms with Gasteiger partial charge in [-0.2, -0.15) is 15.2 Å². The summed E-state index contributed by atoms with van der Waals surface area (Å²) < 4.78 is 20.4. The number of carbonyl (C=O) groups is 1. The van der Waals surface area contributed by atoms with Crippen molar-refractivity contribution in [1.82, 2.24) is 25.2 Å². The Morgan fingerprint density at radius 1 is 1.35 bits per heavy atom. The zero-order valence-corrected chi connectivity index (χ0v) is 19.3. The number of carbonyl (C=O) groups excluding carboxylic acids is 1. The first kappa shape index (κ1) is 23.3. The van der Waals surface area contributed by atoms with Gasteiger partial charge in [0, 0.05) is 24.8 Å². The van der Waals surface area contributed by atoms with Crippen molar-refractivity contribution in [2.45, 2.75) is 25.8 Å². The van der Waals surface area contributed by atoms with E-state index in [1.165, 1.54) is 19.2 Å². The SMILES string of the molecule is CCNc1nc(Nc2cc(F)c(C(=O)NC3CCN(C)CC3)cc2OC)nc2[nH]cc(C#N)c12. The average Bonchev–Trinajstić information content (AvgIpc) is 3.24. The molecule has 1 aromatic carbocycles. The Hall–Kier alpha value is -3.91. The highest BCUT2D eigenvalue weighted by molar-refractivity contribution is 5.96. The summed E-state index contributed by atoms with van der Waals surface area (Å²) in [5.41, 5.74) is 1.05. The lowest BCUT2D eigenvalue weighted by Gasteiger charge is -2.29. The fraction of sp³-hybridized carbons (Fsp3) is 0.391. The highest BCUT2D eigenvalue weighted by Gasteiger charge is 2.23. The van der Waals surface area contributed by atoms with Gasteiger partial charge in [-0.3, -0.25) is 4.79 Å². The summed E-state index contributed by atoms with van der Waals surface area (Å²) >= 11 is 0. The molecule has 2 aromatic heterocycles. The molecule has 1 fully saturated rings. The minimum Gasteiger partial charge on any atom is -0.495 e. The van der Waals surface area contributed by atoms with Gasteiger partial charge in [0.1, 0.15) is 29.1 Å². The lowest BCUT2D eigenvalue weighted by Crippen LogP contribution is -2.43. The van der Waals surface area contributed by atoms with Crippen molar-refractivity contribution >= 4 is 34.4 Å². The van der Waals surface area contributed by atoms with Gasteiger partial charge in [-0.1, -0.05) is 0 Å². The lowest BCUT2D eigenvalue weighted by molar-refractivity contribution is 0.0912. The number of methoxy groups -OCH3 is 1. The first-order chi connectivity index (χ1) is 16.4. The number of nitrogens with zero attached hydrogens (tertiary/aromatic N) is 4. The summed E-state index contributed by atoms with van der Waals surface area (Å²) in [7, 11) is 3.48. The van der Waals surface area contributed by atoms with Crippen molar-refractivity contribution < 1.29 is 13.9 Å². The molecule has 0 unspecified atom stereocenters. The fourth-order valence-electron chi connectivity index (χ4n) is 4.00. The van der Waals surface area contributed by atoms with Crippen LogP contribution in [0.3, 0.4) is 0 Å². The molecule has 0 saturated carbocycles. The van der Waals surface area contributed by atoms with E-state index in [2.05, 4.69) is 41.9 Å². The summed E-state index contributed by atoms with van der Waals surface area (Å²) in [6.07, 6.45) is 3.20. The number of H-pyrrole nitrogens is 1. The number of hydrogen-bond acceptors (Lipinski definition) is 8. The predicted molar refractivity (Wildman–Crippen MR) is 127 cm³/mol. The molecule has 1 aliphatic heterocycles. The van der Waals surface area contributed by atoms with Crippen molar-refractivity contribution in [3.05, 3.63) is 35.3 Å². The smallest absolute Gasteiger partial charge is 0.254 e. The maximum Gasteiger partial charge on any atom is 0.254 e. The highest BCUT2D eigenvalue weighted by atomic mass is 19.1. The molecule has 178 valence electrons. The third-order valence-electron chi connectivity index (χ3n) is 5.83. The van der Waals surface area contributed by atoms with E-state index < -0.39 is 11.7 Å². The number of ether oxygens (including phenoxy) is 1. The van der Waals surface area contributed by atoms with E-state index in [-0.39, 0.29) is 29.0 Å². The number of fused-ring (bicyclic) bond motifs is 1. The van der Waals surface area contributed by atoms with Crippen LogP contribution in [0.25, 0.3) is 11.0 Å². The summed E-state index contributed by atoms with van der Waals surface area (Å²) in [5, 5.41) is 18.9. The topological polar surface area (TPSA) is 131 Å². The number of halogens is 1. The van der Waals surface area contributed by atoms with Crippen LogP contribution in [-0.2, 0) is 0 Å².